The molecule has 140 valence electrons. The van der Waals surface area contributed by atoms with Gasteiger partial charge >= 0.3 is 0 Å². The number of piperazine rings is 1. The van der Waals surface area contributed by atoms with Crippen LogP contribution in [-0.4, -0.2) is 76.9 Å². The third kappa shape index (κ3) is 3.58. The predicted molar refractivity (Wildman–Crippen MR) is 94.0 cm³/mol. The minimum atomic E-state index is -3.41. The number of carbonyl (C=O) groups is 1. The van der Waals surface area contributed by atoms with Crippen molar-refractivity contribution in [1.82, 2.24) is 23.3 Å². The van der Waals surface area contributed by atoms with Crippen molar-refractivity contribution in [3.8, 4) is 0 Å². The zero-order valence-electron chi connectivity index (χ0n) is 15.1. The van der Waals surface area contributed by atoms with E-state index in [4.69, 9.17) is 0 Å². The van der Waals surface area contributed by atoms with Crippen LogP contribution < -0.4 is 0 Å². The number of carbonyl (C=O) groups excluding carboxylic acids is 1. The van der Waals surface area contributed by atoms with E-state index in [1.54, 1.807) is 4.68 Å². The lowest BCUT2D eigenvalue weighted by Gasteiger charge is -2.36. The summed E-state index contributed by atoms with van der Waals surface area (Å²) in [6, 6.07) is 0. The van der Waals surface area contributed by atoms with Crippen LogP contribution in [-0.2, 0) is 22.1 Å². The number of aryl methyl sites for hydroxylation is 1. The van der Waals surface area contributed by atoms with Crippen LogP contribution in [0.15, 0.2) is 12.4 Å². The van der Waals surface area contributed by atoms with E-state index in [0.29, 0.717) is 39.3 Å². The molecular formula is C16H27N5O3S. The molecule has 25 heavy (non-hydrogen) atoms. The summed E-state index contributed by atoms with van der Waals surface area (Å²) in [5.41, 5.74) is 1.11. The van der Waals surface area contributed by atoms with Gasteiger partial charge < -0.3 is 4.90 Å². The molecule has 3 rings (SSSR count). The number of nitrogens with zero attached hydrogens (tertiary/aromatic N) is 5. The van der Waals surface area contributed by atoms with Crippen LogP contribution in [0.3, 0.4) is 0 Å². The molecule has 1 saturated carbocycles. The minimum absolute atomic E-state index is 0.0233. The van der Waals surface area contributed by atoms with Crippen LogP contribution in [0, 0.1) is 5.92 Å². The molecule has 2 aliphatic rings. The number of amides is 1. The normalized spacial score (nSPS) is 24.7. The summed E-state index contributed by atoms with van der Waals surface area (Å²) in [6.07, 6.45) is 4.65. The molecule has 0 aromatic carbocycles. The Morgan fingerprint density at radius 2 is 1.88 bits per heavy atom. The molecule has 9 heteroatoms. The Morgan fingerprint density at radius 3 is 2.40 bits per heavy atom. The van der Waals surface area contributed by atoms with Crippen LogP contribution in [0.5, 0.6) is 0 Å². The third-order valence-corrected chi connectivity index (χ3v) is 7.36. The summed E-state index contributed by atoms with van der Waals surface area (Å²) >= 11 is 0. The predicted octanol–water partition coefficient (Wildman–Crippen LogP) is 0.254. The van der Waals surface area contributed by atoms with E-state index in [9.17, 15) is 13.2 Å². The van der Waals surface area contributed by atoms with Crippen molar-refractivity contribution in [2.75, 3.05) is 39.3 Å². The van der Waals surface area contributed by atoms with Crippen molar-refractivity contribution in [2.24, 2.45) is 13.0 Å². The maximum Gasteiger partial charge on any atom is 0.282 e. The van der Waals surface area contributed by atoms with Crippen molar-refractivity contribution in [1.29, 1.82) is 0 Å². The third-order valence-electron chi connectivity index (χ3n) is 5.17. The molecule has 2 heterocycles. The molecule has 0 N–H and O–H groups in total. The summed E-state index contributed by atoms with van der Waals surface area (Å²) in [6.45, 7) is 6.29. The molecule has 1 saturated heterocycles. The average Bonchev–Trinajstić information content (AvgIpc) is 3.29. The largest absolute Gasteiger partial charge is 0.340 e. The first-order valence-electron chi connectivity index (χ1n) is 8.91. The molecule has 2 unspecified atom stereocenters. The molecule has 1 amide bonds. The molecular weight excluding hydrogens is 342 g/mol. The van der Waals surface area contributed by atoms with Gasteiger partial charge in [-0.1, -0.05) is 13.8 Å². The van der Waals surface area contributed by atoms with Gasteiger partial charge in [0, 0.05) is 58.4 Å². The monoisotopic (exact) mass is 369 g/mol. The molecule has 2 atom stereocenters. The summed E-state index contributed by atoms with van der Waals surface area (Å²) < 4.78 is 29.8. The Balaban J connectivity index is 1.55. The van der Waals surface area contributed by atoms with Gasteiger partial charge in [0.15, 0.2) is 0 Å². The smallest absolute Gasteiger partial charge is 0.282 e. The van der Waals surface area contributed by atoms with Gasteiger partial charge in [-0.3, -0.25) is 9.48 Å². The first-order chi connectivity index (χ1) is 11.9. The fourth-order valence-electron chi connectivity index (χ4n) is 3.55. The lowest BCUT2D eigenvalue weighted by atomic mass is 10.2. The van der Waals surface area contributed by atoms with E-state index in [1.165, 1.54) is 8.61 Å². The molecule has 2 fully saturated rings. The number of hydrogen-bond acceptors (Lipinski definition) is 4. The topological polar surface area (TPSA) is 78.8 Å². The highest BCUT2D eigenvalue weighted by Gasteiger charge is 2.47. The highest BCUT2D eigenvalue weighted by atomic mass is 32.2. The molecule has 0 bridgehead atoms. The van der Waals surface area contributed by atoms with Gasteiger partial charge in [0.05, 0.1) is 6.20 Å². The second-order valence-electron chi connectivity index (χ2n) is 6.71. The van der Waals surface area contributed by atoms with Gasteiger partial charge in [-0.15, -0.1) is 0 Å². The molecule has 1 aromatic rings. The van der Waals surface area contributed by atoms with Crippen molar-refractivity contribution in [2.45, 2.75) is 26.2 Å². The fourth-order valence-corrected chi connectivity index (χ4v) is 5.16. The number of hydrogen-bond donors (Lipinski definition) is 0. The first kappa shape index (κ1) is 18.3. The standard InChI is InChI=1S/C16H27N5O3S/c1-4-20(5-2)25(23,24)21-8-6-19(7-9-21)16(22)15-10-14(15)13-11-17-18(3)12-13/h11-12,14-15H,4-10H2,1-3H3. The quantitative estimate of drug-likeness (QED) is 0.720. The molecule has 8 nitrogen and oxygen atoms in total. The Kier molecular flexibility index (Phi) is 5.17. The SMILES string of the molecule is CCN(CC)S(=O)(=O)N1CCN(C(=O)C2CC2c2cnn(C)c2)CC1. The van der Waals surface area contributed by atoms with E-state index in [0.717, 1.165) is 12.0 Å². The van der Waals surface area contributed by atoms with E-state index < -0.39 is 10.2 Å². The second-order valence-corrected chi connectivity index (χ2v) is 8.64. The summed E-state index contributed by atoms with van der Waals surface area (Å²) in [5, 5.41) is 4.17. The van der Waals surface area contributed by atoms with Crippen LogP contribution in [0.2, 0.25) is 0 Å². The van der Waals surface area contributed by atoms with Crippen molar-refractivity contribution >= 4 is 16.1 Å². The summed E-state index contributed by atoms with van der Waals surface area (Å²) in [7, 11) is -1.54. The summed E-state index contributed by atoms with van der Waals surface area (Å²) in [4.78, 5) is 14.5. The second kappa shape index (κ2) is 7.05. The Hall–Kier alpha value is -1.45. The zero-order valence-corrected chi connectivity index (χ0v) is 15.9. The molecule has 1 aliphatic carbocycles. The van der Waals surface area contributed by atoms with Gasteiger partial charge in [0.25, 0.3) is 10.2 Å². The van der Waals surface area contributed by atoms with Gasteiger partial charge in [0.2, 0.25) is 5.91 Å². The van der Waals surface area contributed by atoms with Crippen LogP contribution in [0.4, 0.5) is 0 Å². The van der Waals surface area contributed by atoms with Crippen LogP contribution in [0.1, 0.15) is 31.7 Å². The Bertz CT molecular complexity index is 720. The number of aromatic nitrogens is 2. The lowest BCUT2D eigenvalue weighted by Crippen LogP contribution is -2.54. The van der Waals surface area contributed by atoms with E-state index in [-0.39, 0.29) is 17.7 Å². The molecule has 1 aliphatic heterocycles. The minimum Gasteiger partial charge on any atom is -0.340 e. The lowest BCUT2D eigenvalue weighted by molar-refractivity contribution is -0.133. The molecule has 0 radical (unpaired) electrons. The van der Waals surface area contributed by atoms with E-state index >= 15 is 0 Å². The van der Waals surface area contributed by atoms with E-state index in [1.807, 2.05) is 38.2 Å². The molecule has 1 aromatic heterocycles. The highest BCUT2D eigenvalue weighted by Crippen LogP contribution is 2.48. The van der Waals surface area contributed by atoms with Crippen molar-refractivity contribution < 1.29 is 13.2 Å². The van der Waals surface area contributed by atoms with Gasteiger partial charge in [0.1, 0.15) is 0 Å². The summed E-state index contributed by atoms with van der Waals surface area (Å²) in [5.74, 6) is 0.433. The number of rotatable bonds is 6. The Labute approximate surface area is 149 Å². The fraction of sp³-hybridized carbons (Fsp3) is 0.750. The van der Waals surface area contributed by atoms with Gasteiger partial charge in [-0.05, 0) is 17.9 Å². The van der Waals surface area contributed by atoms with Crippen LogP contribution >= 0.6 is 0 Å². The molecule has 0 spiro atoms. The van der Waals surface area contributed by atoms with Crippen molar-refractivity contribution in [3.05, 3.63) is 18.0 Å². The van der Waals surface area contributed by atoms with Crippen LogP contribution in [0.25, 0.3) is 0 Å². The average molecular weight is 369 g/mol. The zero-order chi connectivity index (χ0) is 18.2. The highest BCUT2D eigenvalue weighted by molar-refractivity contribution is 7.86. The van der Waals surface area contributed by atoms with E-state index in [2.05, 4.69) is 5.10 Å². The van der Waals surface area contributed by atoms with Crippen molar-refractivity contribution in [3.63, 3.8) is 0 Å². The maximum absolute atomic E-state index is 12.7. The first-order valence-corrected chi connectivity index (χ1v) is 10.3. The Morgan fingerprint density at radius 1 is 1.24 bits per heavy atom. The van der Waals surface area contributed by atoms with Gasteiger partial charge in [-0.2, -0.15) is 22.1 Å². The maximum atomic E-state index is 12.7. The van der Waals surface area contributed by atoms with Gasteiger partial charge in [-0.25, -0.2) is 0 Å².